The number of nitrogens with one attached hydrogen (secondary N) is 1. The quantitative estimate of drug-likeness (QED) is 0.603. The summed E-state index contributed by atoms with van der Waals surface area (Å²) in [4.78, 5) is 19.9. The van der Waals surface area contributed by atoms with Gasteiger partial charge in [-0.25, -0.2) is 9.37 Å². The lowest BCUT2D eigenvalue weighted by molar-refractivity contribution is 0.0938. The number of carbonyl (C=O) groups excluding carboxylic acids is 1. The predicted molar refractivity (Wildman–Crippen MR) is 108 cm³/mol. The van der Waals surface area contributed by atoms with E-state index in [2.05, 4.69) is 33.6 Å². The van der Waals surface area contributed by atoms with Crippen molar-refractivity contribution < 1.29 is 13.6 Å². The molecule has 1 N–H and O–H groups in total. The highest BCUT2D eigenvalue weighted by Gasteiger charge is 2.17. The number of halogens is 1. The molecule has 148 valence electrons. The molecule has 0 aliphatic heterocycles. The van der Waals surface area contributed by atoms with Gasteiger partial charge >= 0.3 is 0 Å². The number of amides is 1. The van der Waals surface area contributed by atoms with Gasteiger partial charge in [-0.05, 0) is 55.5 Å². The highest BCUT2D eigenvalue weighted by molar-refractivity contribution is 7.10. The van der Waals surface area contributed by atoms with Crippen molar-refractivity contribution in [2.75, 3.05) is 0 Å². The van der Waals surface area contributed by atoms with Crippen molar-refractivity contribution in [1.29, 1.82) is 0 Å². The number of hydrogen-bond acceptors (Lipinski definition) is 5. The minimum absolute atomic E-state index is 0.0319. The second-order valence-corrected chi connectivity index (χ2v) is 8.05. The van der Waals surface area contributed by atoms with Crippen LogP contribution in [0.3, 0.4) is 0 Å². The number of aromatic nitrogens is 1. The van der Waals surface area contributed by atoms with Gasteiger partial charge in [-0.15, -0.1) is 11.3 Å². The van der Waals surface area contributed by atoms with Crippen molar-refractivity contribution in [1.82, 2.24) is 15.2 Å². The van der Waals surface area contributed by atoms with Gasteiger partial charge < -0.3 is 9.73 Å². The molecule has 3 rings (SSSR count). The highest BCUT2D eigenvalue weighted by Crippen LogP contribution is 2.21. The molecular formula is C21H24FN3O2S. The van der Waals surface area contributed by atoms with Crippen LogP contribution in [-0.2, 0) is 19.6 Å². The van der Waals surface area contributed by atoms with Crippen LogP contribution in [0.5, 0.6) is 0 Å². The monoisotopic (exact) mass is 401 g/mol. The third kappa shape index (κ3) is 5.50. The third-order valence-electron chi connectivity index (χ3n) is 4.22. The molecule has 0 atom stereocenters. The fourth-order valence-electron chi connectivity index (χ4n) is 2.80. The summed E-state index contributed by atoms with van der Waals surface area (Å²) in [6.07, 6.45) is 1.39. The highest BCUT2D eigenvalue weighted by atomic mass is 32.1. The zero-order valence-corrected chi connectivity index (χ0v) is 17.1. The molecule has 0 bridgehead atoms. The number of benzene rings is 1. The van der Waals surface area contributed by atoms with Gasteiger partial charge in [0.2, 0.25) is 5.89 Å². The first kappa shape index (κ1) is 20.2. The topological polar surface area (TPSA) is 58.4 Å². The van der Waals surface area contributed by atoms with E-state index in [-0.39, 0.29) is 23.5 Å². The van der Waals surface area contributed by atoms with Gasteiger partial charge in [0.1, 0.15) is 12.1 Å². The van der Waals surface area contributed by atoms with E-state index in [4.69, 9.17) is 4.42 Å². The number of aryl methyl sites for hydroxylation is 1. The molecule has 0 saturated carbocycles. The van der Waals surface area contributed by atoms with E-state index in [1.54, 1.807) is 23.5 Å². The molecule has 0 spiro atoms. The Kier molecular flexibility index (Phi) is 6.59. The Hall–Kier alpha value is -2.51. The van der Waals surface area contributed by atoms with Gasteiger partial charge in [-0.3, -0.25) is 9.69 Å². The van der Waals surface area contributed by atoms with Gasteiger partial charge in [0.15, 0.2) is 5.69 Å². The van der Waals surface area contributed by atoms with Crippen LogP contribution >= 0.6 is 11.3 Å². The number of nitrogens with zero attached hydrogens (tertiary/aromatic N) is 2. The largest absolute Gasteiger partial charge is 0.447 e. The molecule has 2 aromatic heterocycles. The molecule has 0 radical (unpaired) electrons. The maximum absolute atomic E-state index is 13.2. The van der Waals surface area contributed by atoms with E-state index in [1.165, 1.54) is 28.8 Å². The lowest BCUT2D eigenvalue weighted by atomic mass is 10.2. The molecule has 3 aromatic rings. The van der Waals surface area contributed by atoms with Crippen LogP contribution in [0.4, 0.5) is 4.39 Å². The minimum Gasteiger partial charge on any atom is -0.447 e. The molecule has 0 aliphatic rings. The van der Waals surface area contributed by atoms with Crippen LogP contribution in [0.2, 0.25) is 0 Å². The summed E-state index contributed by atoms with van der Waals surface area (Å²) in [5, 5.41) is 4.88. The Morgan fingerprint density at radius 3 is 2.61 bits per heavy atom. The Balaban J connectivity index is 1.75. The smallest absolute Gasteiger partial charge is 0.273 e. The number of rotatable bonds is 8. The molecule has 1 amide bonds. The Bertz CT molecular complexity index is 918. The molecule has 28 heavy (non-hydrogen) atoms. The first-order chi connectivity index (χ1) is 13.4. The summed E-state index contributed by atoms with van der Waals surface area (Å²) >= 11 is 1.70. The zero-order valence-electron chi connectivity index (χ0n) is 16.2. The van der Waals surface area contributed by atoms with E-state index in [9.17, 15) is 9.18 Å². The molecule has 0 saturated heterocycles. The van der Waals surface area contributed by atoms with Crippen LogP contribution in [0.15, 0.2) is 46.4 Å². The van der Waals surface area contributed by atoms with E-state index in [1.807, 2.05) is 13.8 Å². The second kappa shape index (κ2) is 9.12. The summed E-state index contributed by atoms with van der Waals surface area (Å²) in [5.74, 6) is -0.0210. The van der Waals surface area contributed by atoms with Gasteiger partial charge in [-0.2, -0.15) is 0 Å². The average Bonchev–Trinajstić information content (AvgIpc) is 3.26. The Labute approximate surface area is 168 Å². The summed E-state index contributed by atoms with van der Waals surface area (Å²) < 4.78 is 18.8. The minimum atomic E-state index is -0.252. The summed E-state index contributed by atoms with van der Waals surface area (Å²) in [6.45, 7) is 7.66. The molecular weight excluding hydrogens is 377 g/mol. The zero-order chi connectivity index (χ0) is 20.1. The van der Waals surface area contributed by atoms with Gasteiger partial charge in [0, 0.05) is 24.0 Å². The molecule has 0 aliphatic carbocycles. The molecule has 1 aromatic carbocycles. The standard InChI is InChI=1S/C21H24FN3O2S/c1-14(2)23-21(26)18-13-27-20(24-18)12-25(11-19-15(3)8-9-28-19)10-16-4-6-17(22)7-5-16/h4-9,13-14H,10-12H2,1-3H3,(H,23,26). The number of hydrogen-bond donors (Lipinski definition) is 1. The first-order valence-corrected chi connectivity index (χ1v) is 10.0. The molecule has 2 heterocycles. The van der Waals surface area contributed by atoms with Crippen molar-refractivity contribution in [2.45, 2.75) is 46.4 Å². The van der Waals surface area contributed by atoms with Gasteiger partial charge in [0.25, 0.3) is 5.91 Å². The van der Waals surface area contributed by atoms with Crippen molar-refractivity contribution >= 4 is 17.2 Å². The van der Waals surface area contributed by atoms with E-state index < -0.39 is 0 Å². The maximum Gasteiger partial charge on any atom is 0.273 e. The molecule has 7 heteroatoms. The van der Waals surface area contributed by atoms with Crippen LogP contribution in [0, 0.1) is 12.7 Å². The van der Waals surface area contributed by atoms with E-state index in [0.29, 0.717) is 19.0 Å². The predicted octanol–water partition coefficient (Wildman–Crippen LogP) is 4.52. The Morgan fingerprint density at radius 2 is 1.96 bits per heavy atom. The number of carbonyl (C=O) groups is 1. The van der Waals surface area contributed by atoms with Crippen molar-refractivity contribution in [3.05, 3.63) is 75.4 Å². The lowest BCUT2D eigenvalue weighted by Crippen LogP contribution is -2.30. The fraction of sp³-hybridized carbons (Fsp3) is 0.333. The fourth-order valence-corrected chi connectivity index (χ4v) is 3.75. The van der Waals surface area contributed by atoms with Crippen molar-refractivity contribution in [2.24, 2.45) is 0 Å². The third-order valence-corrected chi connectivity index (χ3v) is 5.23. The summed E-state index contributed by atoms with van der Waals surface area (Å²) in [6, 6.07) is 8.61. The van der Waals surface area contributed by atoms with Crippen molar-refractivity contribution in [3.63, 3.8) is 0 Å². The van der Waals surface area contributed by atoms with E-state index >= 15 is 0 Å². The number of thiophene rings is 1. The molecule has 0 fully saturated rings. The second-order valence-electron chi connectivity index (χ2n) is 7.05. The summed E-state index contributed by atoms with van der Waals surface area (Å²) in [7, 11) is 0. The van der Waals surface area contributed by atoms with E-state index in [0.717, 1.165) is 12.1 Å². The lowest BCUT2D eigenvalue weighted by Gasteiger charge is -2.20. The van der Waals surface area contributed by atoms with Crippen LogP contribution in [0.1, 0.15) is 46.2 Å². The van der Waals surface area contributed by atoms with Gasteiger partial charge in [-0.1, -0.05) is 12.1 Å². The Morgan fingerprint density at radius 1 is 1.21 bits per heavy atom. The molecule has 5 nitrogen and oxygen atoms in total. The van der Waals surface area contributed by atoms with Crippen LogP contribution in [0.25, 0.3) is 0 Å². The normalized spacial score (nSPS) is 11.4. The summed E-state index contributed by atoms with van der Waals surface area (Å²) in [5.41, 5.74) is 2.51. The van der Waals surface area contributed by atoms with Crippen LogP contribution in [-0.4, -0.2) is 21.8 Å². The van der Waals surface area contributed by atoms with Crippen molar-refractivity contribution in [3.8, 4) is 0 Å². The maximum atomic E-state index is 13.2. The average molecular weight is 402 g/mol. The van der Waals surface area contributed by atoms with Gasteiger partial charge in [0.05, 0.1) is 6.54 Å². The van der Waals surface area contributed by atoms with Crippen LogP contribution < -0.4 is 5.32 Å². The first-order valence-electron chi connectivity index (χ1n) is 9.15. The molecule has 0 unspecified atom stereocenters. The SMILES string of the molecule is Cc1ccsc1CN(Cc1ccc(F)cc1)Cc1nc(C(=O)NC(C)C)co1. The number of oxazole rings is 1.